The number of hydrogen-bond donors (Lipinski definition) is 0. The molecule has 3 atom stereocenters. The van der Waals surface area contributed by atoms with E-state index < -0.39 is 0 Å². The van der Waals surface area contributed by atoms with Crippen LogP contribution in [0.2, 0.25) is 0 Å². The summed E-state index contributed by atoms with van der Waals surface area (Å²) in [5.74, 6) is 0. The third-order valence-electron chi connectivity index (χ3n) is 1.83. The standard InChI is InChI=1S/C6H9BrO2/c7-5-2-1-4-3-8-6(5)9-4/h4-6H,1-3H2/t4-,5+,6+/m1/s1. The summed E-state index contributed by atoms with van der Waals surface area (Å²) in [6, 6.07) is 0. The lowest BCUT2D eigenvalue weighted by Gasteiger charge is -2.22. The molecule has 0 amide bonds. The van der Waals surface area contributed by atoms with Gasteiger partial charge in [0, 0.05) is 0 Å². The Hall–Kier alpha value is 0.400. The first-order chi connectivity index (χ1) is 4.36. The van der Waals surface area contributed by atoms with Crippen LogP contribution in [-0.2, 0) is 9.47 Å². The Morgan fingerprint density at radius 1 is 1.33 bits per heavy atom. The molecule has 2 saturated heterocycles. The van der Waals surface area contributed by atoms with E-state index in [0.717, 1.165) is 13.0 Å². The largest absolute Gasteiger partial charge is 0.349 e. The summed E-state index contributed by atoms with van der Waals surface area (Å²) in [5.41, 5.74) is 0. The normalized spacial score (nSPS) is 49.7. The van der Waals surface area contributed by atoms with E-state index in [1.165, 1.54) is 6.42 Å². The van der Waals surface area contributed by atoms with Gasteiger partial charge in [0.25, 0.3) is 0 Å². The molecule has 2 heterocycles. The monoisotopic (exact) mass is 192 g/mol. The SMILES string of the molecule is Br[C@H]1CC[C@@H]2CO[C@H]1O2. The number of rotatable bonds is 0. The molecule has 0 aromatic rings. The van der Waals surface area contributed by atoms with Crippen LogP contribution in [0.25, 0.3) is 0 Å². The molecular weight excluding hydrogens is 184 g/mol. The van der Waals surface area contributed by atoms with Crippen molar-refractivity contribution in [3.05, 3.63) is 0 Å². The topological polar surface area (TPSA) is 18.5 Å². The molecule has 0 aromatic heterocycles. The van der Waals surface area contributed by atoms with E-state index in [2.05, 4.69) is 15.9 Å². The van der Waals surface area contributed by atoms with Crippen molar-refractivity contribution in [1.82, 2.24) is 0 Å². The predicted octanol–water partition coefficient (Wildman–Crippen LogP) is 1.29. The predicted molar refractivity (Wildman–Crippen MR) is 36.6 cm³/mol. The highest BCUT2D eigenvalue weighted by Gasteiger charge is 2.36. The highest BCUT2D eigenvalue weighted by Crippen LogP contribution is 2.31. The summed E-state index contributed by atoms with van der Waals surface area (Å²) in [5, 5.41) is 0. The van der Waals surface area contributed by atoms with Gasteiger partial charge in [0.1, 0.15) is 0 Å². The lowest BCUT2D eigenvalue weighted by molar-refractivity contribution is -0.0750. The average Bonchev–Trinajstić information content (AvgIpc) is 2.25. The van der Waals surface area contributed by atoms with Crippen molar-refractivity contribution in [3.8, 4) is 0 Å². The second-order valence-corrected chi connectivity index (χ2v) is 3.73. The Bertz CT molecular complexity index is 118. The van der Waals surface area contributed by atoms with Gasteiger partial charge in [0.2, 0.25) is 0 Å². The fraction of sp³-hybridized carbons (Fsp3) is 1.00. The van der Waals surface area contributed by atoms with Gasteiger partial charge in [0.05, 0.1) is 17.5 Å². The van der Waals surface area contributed by atoms with Crippen molar-refractivity contribution < 1.29 is 9.47 Å². The number of fused-ring (bicyclic) bond motifs is 2. The molecule has 52 valence electrons. The van der Waals surface area contributed by atoms with Crippen molar-refractivity contribution in [1.29, 1.82) is 0 Å². The van der Waals surface area contributed by atoms with Gasteiger partial charge in [0.15, 0.2) is 6.29 Å². The highest BCUT2D eigenvalue weighted by atomic mass is 79.9. The van der Waals surface area contributed by atoms with E-state index in [1.807, 2.05) is 0 Å². The van der Waals surface area contributed by atoms with Gasteiger partial charge in [-0.15, -0.1) is 0 Å². The van der Waals surface area contributed by atoms with Gasteiger partial charge in [-0.1, -0.05) is 15.9 Å². The molecule has 2 fully saturated rings. The summed E-state index contributed by atoms with van der Waals surface area (Å²) in [6.45, 7) is 0.798. The van der Waals surface area contributed by atoms with Crippen molar-refractivity contribution in [3.63, 3.8) is 0 Å². The first-order valence-corrected chi connectivity index (χ1v) is 4.19. The molecular formula is C6H9BrO2. The molecule has 2 aliphatic rings. The van der Waals surface area contributed by atoms with Crippen LogP contribution in [-0.4, -0.2) is 23.8 Å². The first kappa shape index (κ1) is 6.13. The van der Waals surface area contributed by atoms with Gasteiger partial charge >= 0.3 is 0 Å². The minimum atomic E-state index is 0.0451. The third kappa shape index (κ3) is 1.02. The minimum absolute atomic E-state index is 0.0451. The molecule has 0 spiro atoms. The fourth-order valence-electron chi connectivity index (χ4n) is 1.29. The molecule has 0 N–H and O–H groups in total. The maximum absolute atomic E-state index is 5.44. The molecule has 2 bridgehead atoms. The number of ether oxygens (including phenoxy) is 2. The number of alkyl halides is 1. The lowest BCUT2D eigenvalue weighted by Crippen LogP contribution is -2.28. The molecule has 2 rings (SSSR count). The van der Waals surface area contributed by atoms with Crippen molar-refractivity contribution in [2.45, 2.75) is 30.1 Å². The van der Waals surface area contributed by atoms with E-state index >= 15 is 0 Å². The molecule has 0 radical (unpaired) electrons. The van der Waals surface area contributed by atoms with Gasteiger partial charge < -0.3 is 9.47 Å². The van der Waals surface area contributed by atoms with E-state index in [0.29, 0.717) is 10.9 Å². The number of halogens is 1. The minimum Gasteiger partial charge on any atom is -0.349 e. The van der Waals surface area contributed by atoms with E-state index in [-0.39, 0.29) is 6.29 Å². The molecule has 0 saturated carbocycles. The molecule has 0 aromatic carbocycles. The summed E-state index contributed by atoms with van der Waals surface area (Å²) < 4.78 is 10.8. The quantitative estimate of drug-likeness (QED) is 0.539. The van der Waals surface area contributed by atoms with Crippen molar-refractivity contribution in [2.24, 2.45) is 0 Å². The van der Waals surface area contributed by atoms with Crippen LogP contribution in [0.4, 0.5) is 0 Å². The van der Waals surface area contributed by atoms with E-state index in [4.69, 9.17) is 9.47 Å². The van der Waals surface area contributed by atoms with Crippen LogP contribution in [0.3, 0.4) is 0 Å². The smallest absolute Gasteiger partial charge is 0.170 e. The van der Waals surface area contributed by atoms with Crippen LogP contribution >= 0.6 is 15.9 Å². The van der Waals surface area contributed by atoms with Gasteiger partial charge in [-0.2, -0.15) is 0 Å². The third-order valence-corrected chi connectivity index (χ3v) is 2.72. The Balaban J connectivity index is 2.05. The molecule has 3 heteroatoms. The lowest BCUT2D eigenvalue weighted by atomic mass is 10.1. The van der Waals surface area contributed by atoms with Gasteiger partial charge in [-0.05, 0) is 12.8 Å². The van der Waals surface area contributed by atoms with Crippen LogP contribution in [0.5, 0.6) is 0 Å². The van der Waals surface area contributed by atoms with Gasteiger partial charge in [-0.3, -0.25) is 0 Å². The zero-order valence-electron chi connectivity index (χ0n) is 5.05. The second-order valence-electron chi connectivity index (χ2n) is 2.55. The fourth-order valence-corrected chi connectivity index (χ4v) is 1.83. The molecule has 9 heavy (non-hydrogen) atoms. The highest BCUT2D eigenvalue weighted by molar-refractivity contribution is 9.09. The van der Waals surface area contributed by atoms with Gasteiger partial charge in [-0.25, -0.2) is 0 Å². The molecule has 0 aliphatic carbocycles. The Kier molecular flexibility index (Phi) is 1.51. The van der Waals surface area contributed by atoms with Crippen LogP contribution in [0, 0.1) is 0 Å². The first-order valence-electron chi connectivity index (χ1n) is 3.27. The summed E-state index contributed by atoms with van der Waals surface area (Å²) in [7, 11) is 0. The van der Waals surface area contributed by atoms with Crippen molar-refractivity contribution >= 4 is 15.9 Å². The van der Waals surface area contributed by atoms with Crippen LogP contribution in [0.1, 0.15) is 12.8 Å². The Morgan fingerprint density at radius 3 is 3.00 bits per heavy atom. The summed E-state index contributed by atoms with van der Waals surface area (Å²) >= 11 is 3.49. The zero-order chi connectivity index (χ0) is 6.27. The molecule has 0 unspecified atom stereocenters. The van der Waals surface area contributed by atoms with Crippen LogP contribution < -0.4 is 0 Å². The maximum Gasteiger partial charge on any atom is 0.170 e. The summed E-state index contributed by atoms with van der Waals surface area (Å²) in [6.07, 6.45) is 2.77. The average molecular weight is 193 g/mol. The second kappa shape index (κ2) is 2.22. The molecule has 2 nitrogen and oxygen atoms in total. The Morgan fingerprint density at radius 2 is 2.22 bits per heavy atom. The van der Waals surface area contributed by atoms with Crippen LogP contribution in [0.15, 0.2) is 0 Å². The zero-order valence-corrected chi connectivity index (χ0v) is 6.63. The Labute approximate surface area is 62.6 Å². The van der Waals surface area contributed by atoms with E-state index in [9.17, 15) is 0 Å². The summed E-state index contributed by atoms with van der Waals surface area (Å²) in [4.78, 5) is 0.427. The van der Waals surface area contributed by atoms with E-state index in [1.54, 1.807) is 0 Å². The number of hydrogen-bond acceptors (Lipinski definition) is 2. The molecule has 2 aliphatic heterocycles. The van der Waals surface area contributed by atoms with Crippen molar-refractivity contribution in [2.75, 3.05) is 6.61 Å². The maximum atomic E-state index is 5.44.